The summed E-state index contributed by atoms with van der Waals surface area (Å²) in [5.41, 5.74) is 1.99. The maximum atomic E-state index is 12.0. The molecule has 0 saturated heterocycles. The number of sulfonamides is 1. The maximum Gasteiger partial charge on any atom is 0.283 e. The lowest BCUT2D eigenvalue weighted by Gasteiger charge is -2.04. The van der Waals surface area contributed by atoms with Crippen LogP contribution in [0.15, 0.2) is 49.3 Å². The highest BCUT2D eigenvalue weighted by atomic mass is 32.2. The Labute approximate surface area is 154 Å². The molecule has 0 bridgehead atoms. The van der Waals surface area contributed by atoms with Crippen LogP contribution in [0, 0.1) is 0 Å². The van der Waals surface area contributed by atoms with Crippen molar-refractivity contribution >= 4 is 33.3 Å². The smallest absolute Gasteiger partial charge is 0.266 e. The second-order valence-electron chi connectivity index (χ2n) is 5.29. The second-order valence-corrected chi connectivity index (χ2v) is 8.04. The van der Waals surface area contributed by atoms with E-state index in [4.69, 9.17) is 0 Å². The zero-order chi connectivity index (χ0) is 18.7. The van der Waals surface area contributed by atoms with Crippen LogP contribution in [0.1, 0.15) is 16.2 Å². The minimum atomic E-state index is -3.67. The Morgan fingerprint density at radius 1 is 1.23 bits per heavy atom. The molecule has 0 radical (unpaired) electrons. The monoisotopic (exact) mass is 386 g/mol. The predicted octanol–water partition coefficient (Wildman–Crippen LogP) is 2.60. The highest BCUT2D eigenvalue weighted by Crippen LogP contribution is 2.34. The van der Waals surface area contributed by atoms with E-state index in [0.29, 0.717) is 11.4 Å². The Hall–Kier alpha value is -2.91. The van der Waals surface area contributed by atoms with Crippen molar-refractivity contribution in [1.29, 1.82) is 0 Å². The number of thiazole rings is 1. The van der Waals surface area contributed by atoms with Gasteiger partial charge in [0, 0.05) is 18.0 Å². The average Bonchev–Trinajstić information content (AvgIpc) is 3.05. The highest BCUT2D eigenvalue weighted by molar-refractivity contribution is 7.89. The number of amides is 1. The summed E-state index contributed by atoms with van der Waals surface area (Å²) in [5, 5.41) is 0.746. The van der Waals surface area contributed by atoms with Crippen LogP contribution in [0.4, 0.5) is 0 Å². The van der Waals surface area contributed by atoms with E-state index in [0.717, 1.165) is 21.7 Å². The molecule has 0 saturated carbocycles. The number of carbonyl (C=O) groups is 1. The van der Waals surface area contributed by atoms with E-state index in [2.05, 4.69) is 21.5 Å². The van der Waals surface area contributed by atoms with Crippen molar-refractivity contribution in [1.82, 2.24) is 19.7 Å². The third kappa shape index (κ3) is 4.01. The van der Waals surface area contributed by atoms with E-state index in [1.165, 1.54) is 17.4 Å². The molecule has 7 nitrogen and oxygen atoms in total. The van der Waals surface area contributed by atoms with Gasteiger partial charge in [-0.3, -0.25) is 9.78 Å². The topological polar surface area (TPSA) is 102 Å². The summed E-state index contributed by atoms with van der Waals surface area (Å²) >= 11 is 1.39. The molecule has 3 aromatic heterocycles. The van der Waals surface area contributed by atoms with E-state index < -0.39 is 15.9 Å². The fourth-order valence-electron chi connectivity index (χ4n) is 2.17. The van der Waals surface area contributed by atoms with E-state index in [1.807, 2.05) is 16.9 Å². The number of hydrogen-bond acceptors (Lipinski definition) is 7. The van der Waals surface area contributed by atoms with Crippen LogP contribution in [0.25, 0.3) is 27.2 Å². The molecule has 0 aliphatic rings. The summed E-state index contributed by atoms with van der Waals surface area (Å²) in [5.74, 6) is -0.786. The van der Waals surface area contributed by atoms with Gasteiger partial charge in [-0.1, -0.05) is 12.6 Å². The third-order valence-electron chi connectivity index (χ3n) is 3.25. The number of rotatable bonds is 5. The van der Waals surface area contributed by atoms with Gasteiger partial charge in [0.25, 0.3) is 5.91 Å². The van der Waals surface area contributed by atoms with Crippen molar-refractivity contribution < 1.29 is 13.2 Å². The van der Waals surface area contributed by atoms with Gasteiger partial charge in [-0.15, -0.1) is 11.3 Å². The number of carbonyl (C=O) groups excluding carboxylic acids is 1. The SMILES string of the molecule is C=Cc1nc(-c2cccnc2)sc1-c1cccc(C(=O)NS(C)(=O)=O)n1. The molecule has 26 heavy (non-hydrogen) atoms. The van der Waals surface area contributed by atoms with Crippen molar-refractivity contribution in [3.05, 3.63) is 60.7 Å². The molecule has 0 aliphatic carbocycles. The van der Waals surface area contributed by atoms with Crippen molar-refractivity contribution in [3.8, 4) is 21.1 Å². The molecule has 9 heteroatoms. The normalized spacial score (nSPS) is 11.1. The fourth-order valence-corrected chi connectivity index (χ4v) is 3.64. The van der Waals surface area contributed by atoms with Gasteiger partial charge in [0.05, 0.1) is 22.5 Å². The molecule has 0 aliphatic heterocycles. The van der Waals surface area contributed by atoms with Gasteiger partial charge in [-0.25, -0.2) is 23.1 Å². The maximum absolute atomic E-state index is 12.0. The minimum Gasteiger partial charge on any atom is -0.266 e. The molecular formula is C17H14N4O3S2. The minimum absolute atomic E-state index is 0.000681. The van der Waals surface area contributed by atoms with Crippen molar-refractivity contribution in [2.45, 2.75) is 0 Å². The molecule has 0 unspecified atom stereocenters. The lowest BCUT2D eigenvalue weighted by Crippen LogP contribution is -2.30. The molecule has 0 spiro atoms. The van der Waals surface area contributed by atoms with Crippen LogP contribution in [0.3, 0.4) is 0 Å². The molecule has 1 amide bonds. The van der Waals surface area contributed by atoms with Gasteiger partial charge >= 0.3 is 0 Å². The molecule has 3 rings (SSSR count). The summed E-state index contributed by atoms with van der Waals surface area (Å²) in [6, 6.07) is 8.52. The van der Waals surface area contributed by atoms with Crippen LogP contribution in [-0.2, 0) is 10.0 Å². The van der Waals surface area contributed by atoms with Crippen molar-refractivity contribution in [2.75, 3.05) is 6.26 Å². The first kappa shape index (κ1) is 17.9. The van der Waals surface area contributed by atoms with E-state index in [9.17, 15) is 13.2 Å². The van der Waals surface area contributed by atoms with Gasteiger partial charge in [-0.05, 0) is 30.3 Å². The number of nitrogens with one attached hydrogen (secondary N) is 1. The van der Waals surface area contributed by atoms with Gasteiger partial charge in [-0.2, -0.15) is 0 Å². The van der Waals surface area contributed by atoms with Gasteiger partial charge in [0.15, 0.2) is 0 Å². The molecular weight excluding hydrogens is 372 g/mol. The van der Waals surface area contributed by atoms with Crippen LogP contribution in [0.5, 0.6) is 0 Å². The first-order valence-electron chi connectivity index (χ1n) is 7.40. The first-order chi connectivity index (χ1) is 12.4. The molecule has 0 aromatic carbocycles. The van der Waals surface area contributed by atoms with Crippen LogP contribution in [-0.4, -0.2) is 35.5 Å². The molecule has 0 atom stereocenters. The number of nitrogens with zero attached hydrogens (tertiary/aromatic N) is 3. The van der Waals surface area contributed by atoms with Gasteiger partial charge in [0.1, 0.15) is 10.7 Å². The summed E-state index contributed by atoms with van der Waals surface area (Å²) in [7, 11) is -3.67. The van der Waals surface area contributed by atoms with E-state index in [1.54, 1.807) is 30.6 Å². The van der Waals surface area contributed by atoms with Crippen LogP contribution in [0.2, 0.25) is 0 Å². The standard InChI is InChI=1S/C17H14N4O3S2/c1-3-12-15(25-17(20-12)11-6-5-9-18-10-11)13-7-4-8-14(19-13)16(22)21-26(2,23)24/h3-10H,1H2,2H3,(H,21,22). The Bertz CT molecular complexity index is 1080. The third-order valence-corrected chi connectivity index (χ3v) is 4.95. The summed E-state index contributed by atoms with van der Waals surface area (Å²) in [4.78, 5) is 25.7. The van der Waals surface area contributed by atoms with E-state index >= 15 is 0 Å². The van der Waals surface area contributed by atoms with E-state index in [-0.39, 0.29) is 5.69 Å². The lowest BCUT2D eigenvalue weighted by atomic mass is 10.2. The molecule has 0 fully saturated rings. The Balaban J connectivity index is 2.02. The highest BCUT2D eigenvalue weighted by Gasteiger charge is 2.17. The molecule has 3 aromatic rings. The predicted molar refractivity (Wildman–Crippen MR) is 101 cm³/mol. The lowest BCUT2D eigenvalue weighted by molar-refractivity contribution is 0.0977. The Kier molecular flexibility index (Phi) is 4.92. The zero-order valence-electron chi connectivity index (χ0n) is 13.7. The summed E-state index contributed by atoms with van der Waals surface area (Å²) in [6.45, 7) is 3.77. The molecule has 3 heterocycles. The quantitative estimate of drug-likeness (QED) is 0.723. The number of pyridine rings is 2. The second kappa shape index (κ2) is 7.14. The summed E-state index contributed by atoms with van der Waals surface area (Å²) in [6.07, 6.45) is 5.90. The van der Waals surface area contributed by atoms with Gasteiger partial charge in [0.2, 0.25) is 10.0 Å². The summed E-state index contributed by atoms with van der Waals surface area (Å²) < 4.78 is 24.4. The number of aromatic nitrogens is 3. The largest absolute Gasteiger partial charge is 0.283 e. The van der Waals surface area contributed by atoms with Crippen LogP contribution < -0.4 is 4.72 Å². The average molecular weight is 386 g/mol. The van der Waals surface area contributed by atoms with Gasteiger partial charge < -0.3 is 0 Å². The zero-order valence-corrected chi connectivity index (χ0v) is 15.3. The molecule has 1 N–H and O–H groups in total. The number of hydrogen-bond donors (Lipinski definition) is 1. The first-order valence-corrected chi connectivity index (χ1v) is 10.1. The molecule has 132 valence electrons. The van der Waals surface area contributed by atoms with Crippen molar-refractivity contribution in [3.63, 3.8) is 0 Å². The fraction of sp³-hybridized carbons (Fsp3) is 0.0588. The Morgan fingerprint density at radius 3 is 2.69 bits per heavy atom. The van der Waals surface area contributed by atoms with Crippen LogP contribution >= 0.6 is 11.3 Å². The van der Waals surface area contributed by atoms with Crippen molar-refractivity contribution in [2.24, 2.45) is 0 Å². The Morgan fingerprint density at radius 2 is 2.04 bits per heavy atom.